The van der Waals surface area contributed by atoms with Crippen LogP contribution in [0, 0.1) is 0 Å². The van der Waals surface area contributed by atoms with Crippen molar-refractivity contribution in [1.29, 1.82) is 0 Å². The minimum atomic E-state index is 0.601. The molecule has 5 rings (SSSR count). The predicted octanol–water partition coefficient (Wildman–Crippen LogP) is 3.76. The summed E-state index contributed by atoms with van der Waals surface area (Å²) in [5.41, 5.74) is 1.19. The molecule has 25 heavy (non-hydrogen) atoms. The largest absolute Gasteiger partial charge is 0.338 e. The van der Waals surface area contributed by atoms with E-state index in [1.54, 1.807) is 11.8 Å². The smallest absolute Gasteiger partial charge is 0.237 e. The van der Waals surface area contributed by atoms with Crippen LogP contribution in [0.15, 0.2) is 40.0 Å². The highest BCUT2D eigenvalue weighted by Crippen LogP contribution is 2.46. The molecule has 0 radical (unpaired) electrons. The van der Waals surface area contributed by atoms with Crippen molar-refractivity contribution in [3.63, 3.8) is 0 Å². The predicted molar refractivity (Wildman–Crippen MR) is 93.4 cm³/mol. The number of hydrogen-bond donors (Lipinski definition) is 0. The summed E-state index contributed by atoms with van der Waals surface area (Å²) in [5.74, 6) is 3.82. The molecule has 0 atom stereocenters. The Morgan fingerprint density at radius 2 is 1.92 bits per heavy atom. The summed E-state index contributed by atoms with van der Waals surface area (Å²) in [7, 11) is 0. The summed E-state index contributed by atoms with van der Waals surface area (Å²) < 4.78 is 7.75. The van der Waals surface area contributed by atoms with Gasteiger partial charge in [0.05, 0.1) is 5.75 Å². The van der Waals surface area contributed by atoms with Crippen molar-refractivity contribution >= 4 is 11.8 Å². The summed E-state index contributed by atoms with van der Waals surface area (Å²) >= 11 is 1.65. The van der Waals surface area contributed by atoms with Crippen molar-refractivity contribution in [2.45, 2.75) is 55.0 Å². The molecule has 0 aliphatic heterocycles. The molecule has 6 nitrogen and oxygen atoms in total. The zero-order chi connectivity index (χ0) is 16.6. The van der Waals surface area contributed by atoms with Gasteiger partial charge in [0.15, 0.2) is 11.0 Å². The molecule has 2 aliphatic rings. The molecular formula is C18H19N5OS. The van der Waals surface area contributed by atoms with Crippen LogP contribution in [0.1, 0.15) is 60.7 Å². The third-order valence-corrected chi connectivity index (χ3v) is 5.51. The molecule has 0 unspecified atom stereocenters. The maximum Gasteiger partial charge on any atom is 0.237 e. The standard InChI is InChI=1S/C18H19N5OS/c1-2-4-12(5-3-1)10-15-19-16(24-22-15)11-25-18-21-20-17(13-6-7-13)23(18)14-8-9-14/h1-5,13-14H,6-11H2. The number of aromatic nitrogens is 5. The van der Waals surface area contributed by atoms with E-state index in [4.69, 9.17) is 4.52 Å². The molecule has 3 aromatic rings. The minimum absolute atomic E-state index is 0.601. The van der Waals surface area contributed by atoms with E-state index in [-0.39, 0.29) is 0 Å². The van der Waals surface area contributed by atoms with Gasteiger partial charge in [-0.15, -0.1) is 10.2 Å². The van der Waals surface area contributed by atoms with E-state index in [0.29, 0.717) is 30.0 Å². The maximum atomic E-state index is 5.40. The van der Waals surface area contributed by atoms with Gasteiger partial charge in [-0.3, -0.25) is 0 Å². The van der Waals surface area contributed by atoms with Crippen molar-refractivity contribution in [2.75, 3.05) is 0 Å². The van der Waals surface area contributed by atoms with Gasteiger partial charge < -0.3 is 9.09 Å². The van der Waals surface area contributed by atoms with Crippen LogP contribution in [-0.4, -0.2) is 24.9 Å². The van der Waals surface area contributed by atoms with Crippen molar-refractivity contribution in [1.82, 2.24) is 24.9 Å². The molecule has 128 valence electrons. The third-order valence-electron chi connectivity index (χ3n) is 4.59. The number of benzene rings is 1. The third kappa shape index (κ3) is 3.33. The molecule has 2 aromatic heterocycles. The Labute approximate surface area is 150 Å². The molecule has 0 spiro atoms. The van der Waals surface area contributed by atoms with Crippen molar-refractivity contribution in [3.8, 4) is 0 Å². The SMILES string of the molecule is c1ccc(Cc2noc(CSc3nnc(C4CC4)n3C3CC3)n2)cc1. The lowest BCUT2D eigenvalue weighted by atomic mass is 10.1. The second-order valence-corrected chi connectivity index (χ2v) is 7.71. The number of hydrogen-bond acceptors (Lipinski definition) is 6. The average Bonchev–Trinajstić information content (AvgIpc) is 3.57. The number of rotatable bonds is 7. The summed E-state index contributed by atoms with van der Waals surface area (Å²) in [4.78, 5) is 4.51. The van der Waals surface area contributed by atoms with Crippen molar-refractivity contribution in [2.24, 2.45) is 0 Å². The van der Waals surface area contributed by atoms with Crippen LogP contribution < -0.4 is 0 Å². The second-order valence-electron chi connectivity index (χ2n) is 6.77. The Morgan fingerprint density at radius 1 is 1.08 bits per heavy atom. The van der Waals surface area contributed by atoms with E-state index in [1.807, 2.05) is 18.2 Å². The van der Waals surface area contributed by atoms with E-state index in [0.717, 1.165) is 11.0 Å². The fourth-order valence-electron chi connectivity index (χ4n) is 3.01. The molecule has 0 saturated heterocycles. The van der Waals surface area contributed by atoms with Gasteiger partial charge in [0.1, 0.15) is 5.82 Å². The Hall–Kier alpha value is -2.15. The number of nitrogens with zero attached hydrogens (tertiary/aromatic N) is 5. The van der Waals surface area contributed by atoms with E-state index >= 15 is 0 Å². The van der Waals surface area contributed by atoms with Gasteiger partial charge in [-0.2, -0.15) is 4.98 Å². The maximum absolute atomic E-state index is 5.40. The van der Waals surface area contributed by atoms with Gasteiger partial charge in [-0.25, -0.2) is 0 Å². The molecule has 1 aromatic carbocycles. The Bertz CT molecular complexity index is 867. The lowest BCUT2D eigenvalue weighted by Gasteiger charge is -2.06. The molecule has 2 saturated carbocycles. The topological polar surface area (TPSA) is 69.6 Å². The van der Waals surface area contributed by atoms with Crippen LogP contribution in [0.4, 0.5) is 0 Å². The monoisotopic (exact) mass is 353 g/mol. The molecule has 7 heteroatoms. The van der Waals surface area contributed by atoms with Crippen molar-refractivity contribution < 1.29 is 4.52 Å². The fourth-order valence-corrected chi connectivity index (χ4v) is 3.86. The number of thioether (sulfide) groups is 1. The summed E-state index contributed by atoms with van der Waals surface area (Å²) in [6.45, 7) is 0. The van der Waals surface area contributed by atoms with E-state index in [9.17, 15) is 0 Å². The van der Waals surface area contributed by atoms with Crippen LogP contribution in [0.3, 0.4) is 0 Å². The lowest BCUT2D eigenvalue weighted by molar-refractivity contribution is 0.385. The van der Waals surface area contributed by atoms with Gasteiger partial charge in [0.25, 0.3) is 0 Å². The van der Waals surface area contributed by atoms with Crippen LogP contribution in [0.5, 0.6) is 0 Å². The van der Waals surface area contributed by atoms with Crippen LogP contribution in [0.2, 0.25) is 0 Å². The normalized spacial score (nSPS) is 17.1. The van der Waals surface area contributed by atoms with Gasteiger partial charge >= 0.3 is 0 Å². The van der Waals surface area contributed by atoms with Gasteiger partial charge in [-0.05, 0) is 31.2 Å². The minimum Gasteiger partial charge on any atom is -0.338 e. The average molecular weight is 353 g/mol. The first-order valence-electron chi connectivity index (χ1n) is 8.80. The highest BCUT2D eigenvalue weighted by molar-refractivity contribution is 7.98. The summed E-state index contributed by atoms with van der Waals surface area (Å²) in [6, 6.07) is 10.8. The molecule has 0 bridgehead atoms. The van der Waals surface area contributed by atoms with Gasteiger partial charge in [-0.1, -0.05) is 47.3 Å². The van der Waals surface area contributed by atoms with Gasteiger partial charge in [0, 0.05) is 18.4 Å². The first kappa shape index (κ1) is 15.1. The summed E-state index contributed by atoms with van der Waals surface area (Å²) in [5, 5.41) is 13.9. The Morgan fingerprint density at radius 3 is 2.68 bits per heavy atom. The quantitative estimate of drug-likeness (QED) is 0.603. The lowest BCUT2D eigenvalue weighted by Crippen LogP contribution is -2.02. The highest BCUT2D eigenvalue weighted by atomic mass is 32.2. The molecule has 0 amide bonds. The first-order chi connectivity index (χ1) is 12.4. The zero-order valence-corrected chi connectivity index (χ0v) is 14.7. The zero-order valence-electron chi connectivity index (χ0n) is 13.8. The molecular weight excluding hydrogens is 334 g/mol. The highest BCUT2D eigenvalue weighted by Gasteiger charge is 2.36. The van der Waals surface area contributed by atoms with E-state index in [1.165, 1.54) is 37.1 Å². The van der Waals surface area contributed by atoms with Crippen LogP contribution >= 0.6 is 11.8 Å². The van der Waals surface area contributed by atoms with Gasteiger partial charge in [0.2, 0.25) is 5.89 Å². The fraction of sp³-hybridized carbons (Fsp3) is 0.444. The summed E-state index contributed by atoms with van der Waals surface area (Å²) in [6.07, 6.45) is 5.68. The molecule has 2 aliphatic carbocycles. The molecule has 2 fully saturated rings. The molecule has 2 heterocycles. The van der Waals surface area contributed by atoms with Crippen molar-refractivity contribution in [3.05, 3.63) is 53.4 Å². The Balaban J connectivity index is 1.26. The first-order valence-corrected chi connectivity index (χ1v) is 9.78. The van der Waals surface area contributed by atoms with Crippen LogP contribution in [-0.2, 0) is 12.2 Å². The second kappa shape index (κ2) is 6.29. The molecule has 0 N–H and O–H groups in total. The van der Waals surface area contributed by atoms with E-state index in [2.05, 4.69) is 37.0 Å². The van der Waals surface area contributed by atoms with Crippen LogP contribution in [0.25, 0.3) is 0 Å². The van der Waals surface area contributed by atoms with E-state index < -0.39 is 0 Å². The Kier molecular flexibility index (Phi) is 3.81.